The fraction of sp³-hybridized carbons (Fsp3) is 0.409. The van der Waals surface area contributed by atoms with Crippen molar-refractivity contribution in [3.63, 3.8) is 0 Å². The van der Waals surface area contributed by atoms with E-state index in [1.165, 1.54) is 12.4 Å². The smallest absolute Gasteiger partial charge is 0.224 e. The summed E-state index contributed by atoms with van der Waals surface area (Å²) in [4.78, 5) is 27.1. The molecule has 3 aromatic rings. The molecule has 2 aliphatic rings. The first-order valence-corrected chi connectivity index (χ1v) is 10.4. The molecule has 1 spiro atoms. The van der Waals surface area contributed by atoms with Crippen molar-refractivity contribution in [1.82, 2.24) is 20.3 Å². The summed E-state index contributed by atoms with van der Waals surface area (Å²) < 4.78 is 27.4. The van der Waals surface area contributed by atoms with Gasteiger partial charge in [-0.3, -0.25) is 4.79 Å². The first-order valence-electron chi connectivity index (χ1n) is 10.4. The second kappa shape index (κ2) is 7.56. The number of H-pyrrole nitrogens is 1. The SMILES string of the molecule is O=C(NC(CO)c1ccc(F)cc1F)[C@H]1CCN(c2ncnc3[nH]ccc23)CC12CC2. The first kappa shape index (κ1) is 19.9. The summed E-state index contributed by atoms with van der Waals surface area (Å²) in [6, 6.07) is 4.18. The van der Waals surface area contributed by atoms with Gasteiger partial charge in [-0.25, -0.2) is 18.7 Å². The largest absolute Gasteiger partial charge is 0.394 e. The number of aromatic nitrogens is 3. The topological polar surface area (TPSA) is 94.1 Å². The minimum Gasteiger partial charge on any atom is -0.394 e. The van der Waals surface area contributed by atoms with Gasteiger partial charge >= 0.3 is 0 Å². The van der Waals surface area contributed by atoms with Crippen molar-refractivity contribution in [3.8, 4) is 0 Å². The number of nitrogens with one attached hydrogen (secondary N) is 2. The van der Waals surface area contributed by atoms with Crippen molar-refractivity contribution in [2.75, 3.05) is 24.6 Å². The molecule has 0 bridgehead atoms. The molecule has 3 N–H and O–H groups in total. The summed E-state index contributed by atoms with van der Waals surface area (Å²) in [5.41, 5.74) is 0.703. The van der Waals surface area contributed by atoms with E-state index in [2.05, 4.69) is 25.2 Å². The lowest BCUT2D eigenvalue weighted by molar-refractivity contribution is -0.129. The number of halogens is 2. The number of piperidine rings is 1. The van der Waals surface area contributed by atoms with Gasteiger partial charge in [-0.2, -0.15) is 0 Å². The maximum Gasteiger partial charge on any atom is 0.224 e. The molecule has 2 fully saturated rings. The lowest BCUT2D eigenvalue weighted by Gasteiger charge is -2.39. The van der Waals surface area contributed by atoms with Crippen LogP contribution in [0.25, 0.3) is 11.0 Å². The number of carbonyl (C=O) groups excluding carboxylic acids is 1. The van der Waals surface area contributed by atoms with E-state index in [1.54, 1.807) is 0 Å². The van der Waals surface area contributed by atoms with Gasteiger partial charge < -0.3 is 20.3 Å². The number of hydrogen-bond donors (Lipinski definition) is 3. The normalized spacial score (nSPS) is 20.7. The molecule has 5 rings (SSSR count). The standard InChI is InChI=1S/C22H23F2N5O2/c23-13-1-2-14(17(24)9-13)18(10-30)28-21(31)16-4-8-29(11-22(16)5-6-22)20-15-3-7-25-19(15)26-12-27-20/h1-3,7,9,12,16,18,30H,4-6,8,10-11H2,(H,28,31)(H,25,26,27)/t16-,18?/m1/s1. The van der Waals surface area contributed by atoms with Crippen LogP contribution in [0, 0.1) is 23.0 Å². The summed E-state index contributed by atoms with van der Waals surface area (Å²) in [5, 5.41) is 13.5. The Morgan fingerprint density at radius 3 is 2.90 bits per heavy atom. The molecule has 2 atom stereocenters. The van der Waals surface area contributed by atoms with Gasteiger partial charge in [0.25, 0.3) is 0 Å². The van der Waals surface area contributed by atoms with Crippen molar-refractivity contribution in [2.45, 2.75) is 25.3 Å². The molecule has 2 aromatic heterocycles. The second-order valence-electron chi connectivity index (χ2n) is 8.47. The van der Waals surface area contributed by atoms with E-state index in [-0.39, 0.29) is 22.8 Å². The molecule has 1 aliphatic carbocycles. The second-order valence-corrected chi connectivity index (χ2v) is 8.47. The molecule has 3 heterocycles. The highest BCUT2D eigenvalue weighted by molar-refractivity contribution is 5.88. The highest BCUT2D eigenvalue weighted by atomic mass is 19.1. The summed E-state index contributed by atoms with van der Waals surface area (Å²) in [6.07, 6.45) is 5.86. The van der Waals surface area contributed by atoms with Crippen LogP contribution in [0.5, 0.6) is 0 Å². The Labute approximate surface area is 177 Å². The number of aromatic amines is 1. The molecule has 162 valence electrons. The third-order valence-electron chi connectivity index (χ3n) is 6.61. The molecular formula is C22H23F2N5O2. The average molecular weight is 427 g/mol. The van der Waals surface area contributed by atoms with Gasteiger partial charge in [-0.1, -0.05) is 6.07 Å². The van der Waals surface area contributed by atoms with Crippen molar-refractivity contribution < 1.29 is 18.7 Å². The number of nitrogens with zero attached hydrogens (tertiary/aromatic N) is 3. The molecular weight excluding hydrogens is 404 g/mol. The maximum atomic E-state index is 14.2. The van der Waals surface area contributed by atoms with E-state index in [0.717, 1.165) is 41.8 Å². The van der Waals surface area contributed by atoms with Gasteiger partial charge in [-0.05, 0) is 36.8 Å². The number of anilines is 1. The number of hydrogen-bond acceptors (Lipinski definition) is 5. The molecule has 1 aliphatic heterocycles. The third kappa shape index (κ3) is 3.52. The minimum atomic E-state index is -0.914. The Kier molecular flexibility index (Phi) is 4.85. The van der Waals surface area contributed by atoms with Crippen molar-refractivity contribution in [2.24, 2.45) is 11.3 Å². The van der Waals surface area contributed by atoms with Crippen LogP contribution in [0.4, 0.5) is 14.6 Å². The number of rotatable bonds is 5. The predicted molar refractivity (Wildman–Crippen MR) is 110 cm³/mol. The molecule has 0 radical (unpaired) electrons. The highest BCUT2D eigenvalue weighted by Gasteiger charge is 2.55. The van der Waals surface area contributed by atoms with E-state index < -0.39 is 24.3 Å². The molecule has 1 amide bonds. The van der Waals surface area contributed by atoms with Crippen LogP contribution in [-0.4, -0.2) is 45.7 Å². The fourth-order valence-electron chi connectivity index (χ4n) is 4.81. The zero-order valence-corrected chi connectivity index (χ0v) is 16.8. The van der Waals surface area contributed by atoms with Gasteiger partial charge in [0, 0.05) is 36.8 Å². The van der Waals surface area contributed by atoms with Gasteiger partial charge in [0.1, 0.15) is 29.4 Å². The van der Waals surface area contributed by atoms with Crippen molar-refractivity contribution in [1.29, 1.82) is 0 Å². The number of amides is 1. The summed E-state index contributed by atoms with van der Waals surface area (Å²) in [7, 11) is 0. The fourth-order valence-corrected chi connectivity index (χ4v) is 4.81. The van der Waals surface area contributed by atoms with Crippen molar-refractivity contribution in [3.05, 3.63) is 54.0 Å². The Balaban J connectivity index is 1.33. The van der Waals surface area contributed by atoms with E-state index in [0.29, 0.717) is 19.5 Å². The number of benzene rings is 1. The Morgan fingerprint density at radius 1 is 1.32 bits per heavy atom. The zero-order chi connectivity index (χ0) is 21.6. The Hall–Kier alpha value is -3.07. The van der Waals surface area contributed by atoms with Gasteiger partial charge in [0.2, 0.25) is 5.91 Å². The molecule has 9 heteroatoms. The maximum absolute atomic E-state index is 14.2. The molecule has 1 saturated carbocycles. The van der Waals surface area contributed by atoms with E-state index >= 15 is 0 Å². The van der Waals surface area contributed by atoms with Crippen LogP contribution in [0.15, 0.2) is 36.8 Å². The zero-order valence-electron chi connectivity index (χ0n) is 16.8. The lowest BCUT2D eigenvalue weighted by atomic mass is 9.81. The number of carbonyl (C=O) groups is 1. The Morgan fingerprint density at radius 2 is 2.16 bits per heavy atom. The third-order valence-corrected chi connectivity index (χ3v) is 6.61. The molecule has 7 nitrogen and oxygen atoms in total. The average Bonchev–Trinajstić information content (AvgIpc) is 3.33. The number of fused-ring (bicyclic) bond motifs is 1. The van der Waals surface area contributed by atoms with Crippen molar-refractivity contribution >= 4 is 22.8 Å². The van der Waals surface area contributed by atoms with Crippen LogP contribution in [0.3, 0.4) is 0 Å². The molecule has 1 aromatic carbocycles. The van der Waals surface area contributed by atoms with Crippen LogP contribution in [0.2, 0.25) is 0 Å². The van der Waals surface area contributed by atoms with E-state index in [4.69, 9.17) is 0 Å². The summed E-state index contributed by atoms with van der Waals surface area (Å²) in [5.74, 6) is -1.05. The molecule has 1 unspecified atom stereocenters. The predicted octanol–water partition coefficient (Wildman–Crippen LogP) is 2.69. The van der Waals surface area contributed by atoms with Gasteiger partial charge in [-0.15, -0.1) is 0 Å². The minimum absolute atomic E-state index is 0.0790. The van der Waals surface area contributed by atoms with Crippen LogP contribution < -0.4 is 10.2 Å². The lowest BCUT2D eigenvalue weighted by Crippen LogP contribution is -2.49. The number of aliphatic hydroxyl groups is 1. The number of aliphatic hydroxyl groups excluding tert-OH is 1. The van der Waals surface area contributed by atoms with Gasteiger partial charge in [0.05, 0.1) is 18.0 Å². The summed E-state index contributed by atoms with van der Waals surface area (Å²) in [6.45, 7) is 0.898. The van der Waals surface area contributed by atoms with Crippen LogP contribution in [0.1, 0.15) is 30.9 Å². The highest BCUT2D eigenvalue weighted by Crippen LogP contribution is 2.56. The Bertz CT molecular complexity index is 1130. The molecule has 1 saturated heterocycles. The molecule has 31 heavy (non-hydrogen) atoms. The monoisotopic (exact) mass is 427 g/mol. The van der Waals surface area contributed by atoms with Crippen LogP contribution in [-0.2, 0) is 4.79 Å². The van der Waals surface area contributed by atoms with Crippen LogP contribution >= 0.6 is 0 Å². The van der Waals surface area contributed by atoms with E-state index in [9.17, 15) is 18.7 Å². The first-order chi connectivity index (χ1) is 15.0. The summed E-state index contributed by atoms with van der Waals surface area (Å²) >= 11 is 0. The van der Waals surface area contributed by atoms with Gasteiger partial charge in [0.15, 0.2) is 0 Å². The quantitative estimate of drug-likeness (QED) is 0.582. The van der Waals surface area contributed by atoms with E-state index in [1.807, 2.05) is 12.3 Å².